The van der Waals surface area contributed by atoms with Gasteiger partial charge in [0.15, 0.2) is 0 Å². The number of unbranched alkanes of at least 4 members (excludes halogenated alkanes) is 2. The Bertz CT molecular complexity index is 823. The quantitative estimate of drug-likeness (QED) is 0.452. The standard InChI is InChI=1S/C22H25NO4.CH3NO/c1-2-3-4-13-20(21(24)25)23-22(26)27-14-19-17-11-7-5-9-15(17)16-10-6-8-12-18(16)19;2-1-3/h5-12,19-20H,2-4,13-14H2,1H3,(H,23,26)(H,24,25);1H,(H2,2,3)/t20-;/m0./s1. The number of rotatable bonds is 8. The lowest BCUT2D eigenvalue weighted by atomic mass is 9.98. The zero-order valence-corrected chi connectivity index (χ0v) is 17.0. The van der Waals surface area contributed by atoms with Crippen molar-refractivity contribution in [2.75, 3.05) is 6.61 Å². The Kier molecular flexibility index (Phi) is 8.87. The van der Waals surface area contributed by atoms with Crippen LogP contribution in [0, 0.1) is 0 Å². The number of amides is 2. The zero-order chi connectivity index (χ0) is 21.9. The van der Waals surface area contributed by atoms with Crippen molar-refractivity contribution in [1.29, 1.82) is 0 Å². The zero-order valence-electron chi connectivity index (χ0n) is 17.0. The third-order valence-corrected chi connectivity index (χ3v) is 5.03. The number of benzene rings is 2. The van der Waals surface area contributed by atoms with Gasteiger partial charge in [0.05, 0.1) is 0 Å². The van der Waals surface area contributed by atoms with E-state index in [2.05, 4.69) is 30.1 Å². The Morgan fingerprint density at radius 2 is 1.63 bits per heavy atom. The van der Waals surface area contributed by atoms with E-state index in [4.69, 9.17) is 9.53 Å². The van der Waals surface area contributed by atoms with E-state index in [0.29, 0.717) is 6.42 Å². The van der Waals surface area contributed by atoms with Crippen LogP contribution in [0.4, 0.5) is 4.79 Å². The van der Waals surface area contributed by atoms with E-state index in [9.17, 15) is 14.7 Å². The van der Waals surface area contributed by atoms with Crippen molar-refractivity contribution in [3.8, 4) is 11.1 Å². The second kappa shape index (κ2) is 11.6. The molecule has 0 aromatic heterocycles. The molecule has 1 aliphatic rings. The summed E-state index contributed by atoms with van der Waals surface area (Å²) < 4.78 is 5.41. The normalized spacial score (nSPS) is 12.6. The number of carbonyl (C=O) groups is 3. The van der Waals surface area contributed by atoms with Crippen molar-refractivity contribution >= 4 is 18.5 Å². The number of ether oxygens (including phenoxy) is 1. The molecule has 0 radical (unpaired) electrons. The molecule has 3 rings (SSSR count). The van der Waals surface area contributed by atoms with Crippen LogP contribution in [-0.4, -0.2) is 36.2 Å². The molecule has 0 saturated heterocycles. The fraction of sp³-hybridized carbons (Fsp3) is 0.348. The van der Waals surface area contributed by atoms with Gasteiger partial charge in [0.2, 0.25) is 6.41 Å². The van der Waals surface area contributed by atoms with Gasteiger partial charge in [0.25, 0.3) is 0 Å². The van der Waals surface area contributed by atoms with Gasteiger partial charge in [-0.3, -0.25) is 4.79 Å². The predicted molar refractivity (Wildman–Crippen MR) is 114 cm³/mol. The molecule has 2 amide bonds. The van der Waals surface area contributed by atoms with Crippen LogP contribution in [0.1, 0.15) is 49.7 Å². The number of fused-ring (bicyclic) bond motifs is 3. The molecular formula is C23H28N2O5. The molecule has 0 saturated carbocycles. The van der Waals surface area contributed by atoms with E-state index < -0.39 is 18.1 Å². The van der Waals surface area contributed by atoms with Gasteiger partial charge in [-0.15, -0.1) is 0 Å². The summed E-state index contributed by atoms with van der Waals surface area (Å²) in [5.74, 6) is -1.06. The highest BCUT2D eigenvalue weighted by molar-refractivity contribution is 5.81. The lowest BCUT2D eigenvalue weighted by molar-refractivity contribution is -0.139. The number of nitrogens with one attached hydrogen (secondary N) is 1. The molecule has 7 heteroatoms. The van der Waals surface area contributed by atoms with Gasteiger partial charge in [-0.1, -0.05) is 74.7 Å². The summed E-state index contributed by atoms with van der Waals surface area (Å²) in [6.45, 7) is 2.23. The number of carboxylic acids is 1. The maximum absolute atomic E-state index is 12.2. The number of hydrogen-bond donors (Lipinski definition) is 3. The largest absolute Gasteiger partial charge is 0.480 e. The minimum Gasteiger partial charge on any atom is -0.480 e. The van der Waals surface area contributed by atoms with Gasteiger partial charge in [0.1, 0.15) is 12.6 Å². The number of carboxylic acid groups (broad SMARTS) is 1. The van der Waals surface area contributed by atoms with Crippen LogP contribution >= 0.6 is 0 Å². The van der Waals surface area contributed by atoms with Crippen LogP contribution in [0.3, 0.4) is 0 Å². The lowest BCUT2D eigenvalue weighted by Crippen LogP contribution is -2.41. The smallest absolute Gasteiger partial charge is 0.407 e. The number of carbonyl (C=O) groups excluding carboxylic acids is 2. The first-order valence-electron chi connectivity index (χ1n) is 10.0. The fourth-order valence-electron chi connectivity index (χ4n) is 3.64. The molecule has 0 heterocycles. The monoisotopic (exact) mass is 412 g/mol. The Balaban J connectivity index is 0.00000101. The average molecular weight is 412 g/mol. The molecule has 4 N–H and O–H groups in total. The number of primary amides is 1. The van der Waals surface area contributed by atoms with E-state index in [1.165, 1.54) is 0 Å². The van der Waals surface area contributed by atoms with Crippen LogP contribution in [0.15, 0.2) is 48.5 Å². The Labute approximate surface area is 176 Å². The minimum atomic E-state index is -1.03. The van der Waals surface area contributed by atoms with Crippen molar-refractivity contribution < 1.29 is 24.2 Å². The summed E-state index contributed by atoms with van der Waals surface area (Å²) in [6.07, 6.45) is 2.68. The molecule has 7 nitrogen and oxygen atoms in total. The van der Waals surface area contributed by atoms with Gasteiger partial charge >= 0.3 is 12.1 Å². The first kappa shape index (κ1) is 22.9. The number of aliphatic carboxylic acids is 1. The van der Waals surface area contributed by atoms with E-state index >= 15 is 0 Å². The molecule has 0 spiro atoms. The Morgan fingerprint density at radius 3 is 2.13 bits per heavy atom. The van der Waals surface area contributed by atoms with Crippen LogP contribution < -0.4 is 11.1 Å². The molecule has 0 fully saturated rings. The van der Waals surface area contributed by atoms with E-state index in [1.54, 1.807) is 0 Å². The molecule has 160 valence electrons. The number of alkyl carbamates (subject to hydrolysis) is 1. The third-order valence-electron chi connectivity index (χ3n) is 5.03. The minimum absolute atomic E-state index is 0.0356. The van der Waals surface area contributed by atoms with Crippen LogP contribution in [0.25, 0.3) is 11.1 Å². The van der Waals surface area contributed by atoms with Crippen molar-refractivity contribution in [2.45, 2.75) is 44.6 Å². The molecule has 0 bridgehead atoms. The topological polar surface area (TPSA) is 119 Å². The second-order valence-corrected chi connectivity index (χ2v) is 6.99. The molecule has 0 unspecified atom stereocenters. The number of hydrogen-bond acceptors (Lipinski definition) is 4. The van der Waals surface area contributed by atoms with E-state index in [1.807, 2.05) is 36.4 Å². The summed E-state index contributed by atoms with van der Waals surface area (Å²) in [5.41, 5.74) is 8.74. The van der Waals surface area contributed by atoms with Gasteiger partial charge in [-0.2, -0.15) is 0 Å². The highest BCUT2D eigenvalue weighted by Crippen LogP contribution is 2.44. The van der Waals surface area contributed by atoms with E-state index in [0.717, 1.165) is 41.5 Å². The van der Waals surface area contributed by atoms with Gasteiger partial charge < -0.3 is 20.9 Å². The second-order valence-electron chi connectivity index (χ2n) is 6.99. The molecule has 1 aliphatic carbocycles. The number of nitrogens with two attached hydrogens (primary N) is 1. The lowest BCUT2D eigenvalue weighted by Gasteiger charge is -2.17. The average Bonchev–Trinajstić information content (AvgIpc) is 3.06. The fourth-order valence-corrected chi connectivity index (χ4v) is 3.64. The first-order valence-corrected chi connectivity index (χ1v) is 10.0. The summed E-state index contributed by atoms with van der Waals surface area (Å²) in [6, 6.07) is 15.3. The molecular weight excluding hydrogens is 384 g/mol. The van der Waals surface area contributed by atoms with Crippen molar-refractivity contribution in [3.05, 3.63) is 59.7 Å². The summed E-state index contributed by atoms with van der Waals surface area (Å²) in [7, 11) is 0. The highest BCUT2D eigenvalue weighted by atomic mass is 16.5. The third kappa shape index (κ3) is 5.83. The molecule has 2 aromatic rings. The van der Waals surface area contributed by atoms with Crippen molar-refractivity contribution in [1.82, 2.24) is 5.32 Å². The van der Waals surface area contributed by atoms with Gasteiger partial charge in [-0.05, 0) is 28.7 Å². The van der Waals surface area contributed by atoms with Crippen LogP contribution in [-0.2, 0) is 14.3 Å². The molecule has 1 atom stereocenters. The van der Waals surface area contributed by atoms with Crippen molar-refractivity contribution in [2.24, 2.45) is 5.73 Å². The molecule has 0 aliphatic heterocycles. The van der Waals surface area contributed by atoms with Crippen LogP contribution in [0.2, 0.25) is 0 Å². The maximum Gasteiger partial charge on any atom is 0.407 e. The summed E-state index contributed by atoms with van der Waals surface area (Å²) in [4.78, 5) is 32.1. The predicted octanol–water partition coefficient (Wildman–Crippen LogP) is 3.66. The Hall–Kier alpha value is -3.35. The van der Waals surface area contributed by atoms with E-state index in [-0.39, 0.29) is 18.9 Å². The molecule has 30 heavy (non-hydrogen) atoms. The highest BCUT2D eigenvalue weighted by Gasteiger charge is 2.29. The Morgan fingerprint density at radius 1 is 1.10 bits per heavy atom. The summed E-state index contributed by atoms with van der Waals surface area (Å²) in [5, 5.41) is 11.8. The summed E-state index contributed by atoms with van der Waals surface area (Å²) >= 11 is 0. The van der Waals surface area contributed by atoms with Crippen molar-refractivity contribution in [3.63, 3.8) is 0 Å². The van der Waals surface area contributed by atoms with Crippen LogP contribution in [0.5, 0.6) is 0 Å². The van der Waals surface area contributed by atoms with Gasteiger partial charge in [0, 0.05) is 5.92 Å². The first-order chi connectivity index (χ1) is 14.5. The maximum atomic E-state index is 12.2. The van der Waals surface area contributed by atoms with Gasteiger partial charge in [-0.25, -0.2) is 9.59 Å². The SMILES string of the molecule is CCCCC[C@H](NC(=O)OCC1c2ccccc2-c2ccccc21)C(=O)O.NC=O. The molecule has 2 aromatic carbocycles.